The molecule has 0 bridgehead atoms. The Morgan fingerprint density at radius 1 is 1.10 bits per heavy atom. The molecule has 0 saturated heterocycles. The van der Waals surface area contributed by atoms with Crippen molar-refractivity contribution in [2.24, 2.45) is 5.73 Å². The summed E-state index contributed by atoms with van der Waals surface area (Å²) in [5.41, 5.74) is 6.12. The number of rotatable bonds is 7. The van der Waals surface area contributed by atoms with Crippen LogP contribution in [0.4, 0.5) is 0 Å². The van der Waals surface area contributed by atoms with E-state index in [1.807, 2.05) is 50.2 Å². The van der Waals surface area contributed by atoms with Gasteiger partial charge in [0, 0.05) is 6.04 Å². The smallest absolute Gasteiger partial charge is 0.171 e. The van der Waals surface area contributed by atoms with Crippen molar-refractivity contribution in [3.8, 4) is 11.5 Å². The molecule has 2 N–H and O–H groups in total. The lowest BCUT2D eigenvalue weighted by Gasteiger charge is -2.22. The van der Waals surface area contributed by atoms with E-state index in [9.17, 15) is 0 Å². The third-order valence-electron chi connectivity index (χ3n) is 3.08. The summed E-state index contributed by atoms with van der Waals surface area (Å²) in [5.74, 6) is 2.32. The monoisotopic (exact) mass is 275 g/mol. The maximum atomic E-state index is 6.12. The van der Waals surface area contributed by atoms with E-state index in [0.717, 1.165) is 23.7 Å². The molecule has 1 aromatic heterocycles. The molecule has 2 rings (SSSR count). The van der Waals surface area contributed by atoms with E-state index in [2.05, 4.69) is 0 Å². The summed E-state index contributed by atoms with van der Waals surface area (Å²) < 4.78 is 16.8. The molecule has 0 aliphatic rings. The van der Waals surface area contributed by atoms with Gasteiger partial charge < -0.3 is 19.6 Å². The van der Waals surface area contributed by atoms with Gasteiger partial charge in [-0.25, -0.2) is 0 Å². The maximum absolute atomic E-state index is 6.12. The first kappa shape index (κ1) is 14.5. The summed E-state index contributed by atoms with van der Waals surface area (Å²) in [6.07, 6.45) is 2.15. The minimum absolute atomic E-state index is 0.118. The van der Waals surface area contributed by atoms with Crippen molar-refractivity contribution < 1.29 is 13.9 Å². The van der Waals surface area contributed by atoms with Crippen LogP contribution >= 0.6 is 0 Å². The van der Waals surface area contributed by atoms with Crippen molar-refractivity contribution in [2.45, 2.75) is 32.4 Å². The van der Waals surface area contributed by atoms with Crippen LogP contribution in [0.15, 0.2) is 47.1 Å². The fourth-order valence-corrected chi connectivity index (χ4v) is 1.95. The number of hydrogen-bond donors (Lipinski definition) is 1. The van der Waals surface area contributed by atoms with E-state index in [-0.39, 0.29) is 12.1 Å². The summed E-state index contributed by atoms with van der Waals surface area (Å²) in [4.78, 5) is 0. The second kappa shape index (κ2) is 7.01. The highest BCUT2D eigenvalue weighted by Gasteiger charge is 2.23. The van der Waals surface area contributed by atoms with Crippen molar-refractivity contribution in [2.75, 3.05) is 6.61 Å². The average Bonchev–Trinajstić information content (AvgIpc) is 3.00. The van der Waals surface area contributed by atoms with E-state index < -0.39 is 0 Å². The highest BCUT2D eigenvalue weighted by atomic mass is 16.5. The highest BCUT2D eigenvalue weighted by Crippen LogP contribution is 2.27. The fraction of sp³-hybridized carbons (Fsp3) is 0.375. The highest BCUT2D eigenvalue weighted by molar-refractivity contribution is 5.31. The third kappa shape index (κ3) is 3.54. The molecular weight excluding hydrogens is 254 g/mol. The third-order valence-corrected chi connectivity index (χ3v) is 3.08. The van der Waals surface area contributed by atoms with Gasteiger partial charge in [0.2, 0.25) is 0 Å². The molecule has 0 fully saturated rings. The molecule has 0 aliphatic carbocycles. The molecule has 1 aromatic carbocycles. The van der Waals surface area contributed by atoms with Gasteiger partial charge in [-0.15, -0.1) is 0 Å². The summed E-state index contributed by atoms with van der Waals surface area (Å²) in [7, 11) is 0. The molecular formula is C16H21NO3. The zero-order chi connectivity index (χ0) is 14.4. The zero-order valence-electron chi connectivity index (χ0n) is 11.9. The van der Waals surface area contributed by atoms with Gasteiger partial charge in [-0.1, -0.05) is 6.92 Å². The van der Waals surface area contributed by atoms with Gasteiger partial charge in [0.15, 0.2) is 6.10 Å². The van der Waals surface area contributed by atoms with Gasteiger partial charge >= 0.3 is 0 Å². The average molecular weight is 275 g/mol. The normalized spacial score (nSPS) is 13.8. The predicted molar refractivity (Wildman–Crippen MR) is 78.0 cm³/mol. The Morgan fingerprint density at radius 2 is 1.80 bits per heavy atom. The van der Waals surface area contributed by atoms with Gasteiger partial charge in [-0.3, -0.25) is 0 Å². The van der Waals surface area contributed by atoms with Crippen molar-refractivity contribution >= 4 is 0 Å². The lowest BCUT2D eigenvalue weighted by molar-refractivity contribution is 0.144. The second-order valence-electron chi connectivity index (χ2n) is 4.53. The summed E-state index contributed by atoms with van der Waals surface area (Å²) in [5, 5.41) is 0. The lowest BCUT2D eigenvalue weighted by Crippen LogP contribution is -2.31. The van der Waals surface area contributed by atoms with Crippen LogP contribution in [-0.4, -0.2) is 12.6 Å². The Kier molecular flexibility index (Phi) is 5.07. The van der Waals surface area contributed by atoms with Crippen LogP contribution in [0.2, 0.25) is 0 Å². The van der Waals surface area contributed by atoms with Gasteiger partial charge in [0.25, 0.3) is 0 Å². The van der Waals surface area contributed by atoms with Crippen LogP contribution in [0.3, 0.4) is 0 Å². The van der Waals surface area contributed by atoms with Crippen molar-refractivity contribution in [3.05, 3.63) is 48.4 Å². The summed E-state index contributed by atoms with van der Waals surface area (Å²) in [6.45, 7) is 4.63. The first-order valence-corrected chi connectivity index (χ1v) is 6.93. The zero-order valence-corrected chi connectivity index (χ0v) is 11.9. The Balaban J connectivity index is 2.11. The van der Waals surface area contributed by atoms with Crippen molar-refractivity contribution in [3.63, 3.8) is 0 Å². The van der Waals surface area contributed by atoms with E-state index in [1.54, 1.807) is 6.26 Å². The standard InChI is InChI=1S/C16H21NO3/c1-3-14(17)16(15-6-5-11-19-15)20-13-9-7-12(8-10-13)18-4-2/h5-11,14,16H,3-4,17H2,1-2H3. The predicted octanol–water partition coefficient (Wildman–Crippen LogP) is 3.54. The maximum Gasteiger partial charge on any atom is 0.171 e. The lowest BCUT2D eigenvalue weighted by atomic mass is 10.1. The second-order valence-corrected chi connectivity index (χ2v) is 4.53. The van der Waals surface area contributed by atoms with E-state index >= 15 is 0 Å². The van der Waals surface area contributed by atoms with Crippen LogP contribution in [0.1, 0.15) is 32.1 Å². The van der Waals surface area contributed by atoms with E-state index in [0.29, 0.717) is 6.61 Å². The van der Waals surface area contributed by atoms with Crippen LogP contribution < -0.4 is 15.2 Å². The molecule has 20 heavy (non-hydrogen) atoms. The number of ether oxygens (including phenoxy) is 2. The van der Waals surface area contributed by atoms with Crippen molar-refractivity contribution in [1.82, 2.24) is 0 Å². The largest absolute Gasteiger partial charge is 0.494 e. The van der Waals surface area contributed by atoms with Crippen LogP contribution in [0.25, 0.3) is 0 Å². The molecule has 1 heterocycles. The van der Waals surface area contributed by atoms with Crippen LogP contribution in [-0.2, 0) is 0 Å². The Hall–Kier alpha value is -1.94. The minimum Gasteiger partial charge on any atom is -0.494 e. The molecule has 0 amide bonds. The molecule has 0 radical (unpaired) electrons. The van der Waals surface area contributed by atoms with Gasteiger partial charge in [-0.05, 0) is 49.7 Å². The van der Waals surface area contributed by atoms with E-state index in [4.69, 9.17) is 19.6 Å². The Morgan fingerprint density at radius 3 is 2.35 bits per heavy atom. The number of furan rings is 1. The molecule has 2 aromatic rings. The molecule has 4 nitrogen and oxygen atoms in total. The van der Waals surface area contributed by atoms with Gasteiger partial charge in [-0.2, -0.15) is 0 Å². The SMILES string of the molecule is CCOc1ccc(OC(c2ccco2)C(N)CC)cc1. The van der Waals surface area contributed by atoms with Crippen LogP contribution in [0, 0.1) is 0 Å². The quantitative estimate of drug-likeness (QED) is 0.839. The van der Waals surface area contributed by atoms with Gasteiger partial charge in [0.1, 0.15) is 17.3 Å². The Bertz CT molecular complexity index is 493. The Labute approximate surface area is 119 Å². The first-order chi connectivity index (χ1) is 9.74. The molecule has 2 unspecified atom stereocenters. The van der Waals surface area contributed by atoms with E-state index in [1.165, 1.54) is 0 Å². The van der Waals surface area contributed by atoms with Crippen LogP contribution in [0.5, 0.6) is 11.5 Å². The molecule has 4 heteroatoms. The molecule has 2 atom stereocenters. The molecule has 0 spiro atoms. The van der Waals surface area contributed by atoms with Gasteiger partial charge in [0.05, 0.1) is 12.9 Å². The fourth-order valence-electron chi connectivity index (χ4n) is 1.95. The summed E-state index contributed by atoms with van der Waals surface area (Å²) >= 11 is 0. The number of hydrogen-bond acceptors (Lipinski definition) is 4. The minimum atomic E-state index is -0.284. The van der Waals surface area contributed by atoms with Crippen molar-refractivity contribution in [1.29, 1.82) is 0 Å². The molecule has 0 saturated carbocycles. The summed E-state index contributed by atoms with van der Waals surface area (Å²) in [6, 6.07) is 11.1. The molecule has 108 valence electrons. The first-order valence-electron chi connectivity index (χ1n) is 6.93. The number of benzene rings is 1. The number of nitrogens with two attached hydrogens (primary N) is 1. The topological polar surface area (TPSA) is 57.6 Å². The molecule has 0 aliphatic heterocycles.